The maximum absolute atomic E-state index is 13.3. The van der Waals surface area contributed by atoms with Crippen LogP contribution in [-0.2, 0) is 39.1 Å². The van der Waals surface area contributed by atoms with Gasteiger partial charge in [0.2, 0.25) is 52.8 Å². The summed E-state index contributed by atoms with van der Waals surface area (Å²) >= 11 is 1.45. The number of nitro benzene ring substituents is 2. The first-order valence-electron chi connectivity index (χ1n) is 37.7. The van der Waals surface area contributed by atoms with Gasteiger partial charge in [-0.05, 0) is 165 Å². The topological polar surface area (TPSA) is 478 Å². The maximum Gasteiger partial charge on any atom is 0.373 e. The van der Waals surface area contributed by atoms with Crippen molar-refractivity contribution in [1.82, 2.24) is 40.6 Å². The average molecular weight is 1820 g/mol. The number of benzene rings is 12. The Morgan fingerprint density at radius 2 is 0.581 bits per heavy atom. The van der Waals surface area contributed by atoms with Crippen molar-refractivity contribution < 1.29 is 101 Å². The lowest BCUT2D eigenvalue weighted by atomic mass is 10.1. The number of hydrogen-bond donors (Lipinski definition) is 1. The van der Waals surface area contributed by atoms with Crippen LogP contribution in [0.5, 0.6) is 46.0 Å². The normalized spacial score (nSPS) is 10.9. The van der Waals surface area contributed by atoms with Crippen LogP contribution < -0.4 is 43.6 Å². The predicted molar refractivity (Wildman–Crippen MR) is 467 cm³/mol. The minimum atomic E-state index is -4.03. The Kier molecular flexibility index (Phi) is 29.6. The van der Waals surface area contributed by atoms with E-state index in [1.54, 1.807) is 166 Å². The molecule has 39 heteroatoms. The molecule has 4 heterocycles. The van der Waals surface area contributed by atoms with Crippen molar-refractivity contribution in [3.63, 3.8) is 0 Å². The van der Waals surface area contributed by atoms with E-state index in [9.17, 15) is 45.5 Å². The van der Waals surface area contributed by atoms with Crippen molar-refractivity contribution in [3.05, 3.63) is 293 Å². The van der Waals surface area contributed by atoms with E-state index in [1.165, 1.54) is 121 Å². The summed E-state index contributed by atoms with van der Waals surface area (Å²) in [5.74, 6) is 5.45. The van der Waals surface area contributed by atoms with E-state index < -0.39 is 39.4 Å². The molecule has 129 heavy (non-hydrogen) atoms. The number of ether oxygens (including phenoxy) is 8. The van der Waals surface area contributed by atoms with E-state index in [2.05, 4.69) is 40.6 Å². The molecule has 0 spiro atoms. The van der Waals surface area contributed by atoms with E-state index >= 15 is 0 Å². The molecule has 12 aromatic carbocycles. The van der Waals surface area contributed by atoms with Crippen LogP contribution in [0.2, 0.25) is 0 Å². The first-order valence-corrected chi connectivity index (χ1v) is 43.0. The highest BCUT2D eigenvalue weighted by atomic mass is 32.2. The Morgan fingerprint density at radius 1 is 0.326 bits per heavy atom. The Balaban J connectivity index is 0.000000154. The predicted octanol–water partition coefficient (Wildman–Crippen LogP) is 17.5. The molecule has 656 valence electrons. The smallest absolute Gasteiger partial charge is 0.373 e. The molecule has 0 aliphatic rings. The van der Waals surface area contributed by atoms with Gasteiger partial charge in [-0.3, -0.25) is 20.2 Å². The molecule has 0 aliphatic heterocycles. The number of para-hydroxylation sites is 4. The molecule has 16 rings (SSSR count). The standard InChI is InChI=1S/C23H20N2O5S.C22H17N3O7S.C22H17N3O5S.C22H19N3O5S.CO2/c1-15-11-13-16(14-12-15)31(26,27)20-10-5-4-7-17(20)23-24-22(25-30-23)18-8-6-9-19(28-2)21(18)29-3;1-30-18-8-5-7-17(20(18)31-2)21-23-22(32-24-21)16-6-3-4-9-19(16)33(28,29)15-12-10-14(11-13-15)25(26)27;1-28-18-8-5-7-17(20(18)29-2)21-23-22(30-24-21)16-6-3-4-9-19(16)31-15-12-10-14(11-13-15)25(26)27;1-28-18-8-5-7-17(20(18)29-2)21-24-22(30-25-21)16-6-3-4-9-19(16)31(26,27)15-12-10-14(23)11-13-15;2-1-3/h4-14H,1-3H3;3-13H,1-2H3;3-13H,1-2H3;3-13H,23H2,1-2H3;. The summed E-state index contributed by atoms with van der Waals surface area (Å²) in [4.78, 5) is 56.8. The van der Waals surface area contributed by atoms with Crippen molar-refractivity contribution in [3.8, 4) is 137 Å². The van der Waals surface area contributed by atoms with Gasteiger partial charge in [-0.1, -0.05) is 123 Å². The fraction of sp³-hybridized carbons (Fsp3) is 0.100. The van der Waals surface area contributed by atoms with E-state index in [4.69, 9.17) is 71.3 Å². The summed E-state index contributed by atoms with van der Waals surface area (Å²) < 4.78 is 144. The third kappa shape index (κ3) is 20.6. The van der Waals surface area contributed by atoms with Gasteiger partial charge in [0.05, 0.1) is 141 Å². The van der Waals surface area contributed by atoms with Crippen molar-refractivity contribution in [2.24, 2.45) is 0 Å². The number of nitrogens with zero attached hydrogens (tertiary/aromatic N) is 10. The Hall–Kier alpha value is -16.2. The van der Waals surface area contributed by atoms with Gasteiger partial charge in [0, 0.05) is 39.7 Å². The Morgan fingerprint density at radius 3 is 0.876 bits per heavy atom. The molecule has 0 saturated heterocycles. The molecular formula is C90H73N11O24S4. The van der Waals surface area contributed by atoms with E-state index in [0.717, 1.165) is 33.1 Å². The molecule has 0 radical (unpaired) electrons. The SMILES string of the molecule is COc1cccc(-c2noc(-c3ccccc3S(=O)(=O)c3ccc(C)cc3)n2)c1OC.COc1cccc(-c2noc(-c3ccccc3S(=O)(=O)c3ccc(N)cc3)n2)c1OC.COc1cccc(-c2noc(-c3ccccc3S(=O)(=O)c3ccc([N+](=O)[O-])cc3)n2)c1OC.COc1cccc(-c2noc(-c3ccccc3Sc3ccc([N+](=O)[O-])cc3)n2)c1OC.O=C=O. The Bertz CT molecular complexity index is 6880. The van der Waals surface area contributed by atoms with Crippen LogP contribution in [0.15, 0.2) is 324 Å². The fourth-order valence-electron chi connectivity index (χ4n) is 12.6. The van der Waals surface area contributed by atoms with Crippen LogP contribution in [0.25, 0.3) is 91.4 Å². The molecule has 0 bridgehead atoms. The molecule has 16 aromatic rings. The monoisotopic (exact) mass is 1820 g/mol. The van der Waals surface area contributed by atoms with Gasteiger partial charge >= 0.3 is 6.15 Å². The van der Waals surface area contributed by atoms with Crippen LogP contribution in [-0.4, -0.2) is 139 Å². The van der Waals surface area contributed by atoms with Crippen molar-refractivity contribution in [2.75, 3.05) is 62.6 Å². The second-order valence-electron chi connectivity index (χ2n) is 26.4. The lowest BCUT2D eigenvalue weighted by molar-refractivity contribution is -0.385. The zero-order valence-corrected chi connectivity index (χ0v) is 72.6. The molecule has 35 nitrogen and oxygen atoms in total. The summed E-state index contributed by atoms with van der Waals surface area (Å²) in [6.45, 7) is 1.90. The van der Waals surface area contributed by atoms with Gasteiger partial charge in [0.15, 0.2) is 46.0 Å². The second-order valence-corrected chi connectivity index (χ2v) is 33.3. The maximum atomic E-state index is 13.3. The van der Waals surface area contributed by atoms with E-state index in [-0.39, 0.29) is 87.6 Å². The van der Waals surface area contributed by atoms with Gasteiger partial charge in [0.25, 0.3) is 34.9 Å². The number of rotatable bonds is 26. The number of nitrogens with two attached hydrogens (primary N) is 1. The second kappa shape index (κ2) is 41.5. The number of nitro groups is 2. The van der Waals surface area contributed by atoms with E-state index in [0.29, 0.717) is 96.8 Å². The molecule has 0 unspecified atom stereocenters. The highest BCUT2D eigenvalue weighted by Gasteiger charge is 2.31. The number of aromatic nitrogens is 8. The molecule has 0 amide bonds. The van der Waals surface area contributed by atoms with E-state index in [1.807, 2.05) is 43.3 Å². The van der Waals surface area contributed by atoms with Gasteiger partial charge < -0.3 is 61.7 Å². The zero-order valence-electron chi connectivity index (χ0n) is 69.4. The van der Waals surface area contributed by atoms with Crippen molar-refractivity contribution in [2.45, 2.75) is 46.1 Å². The number of carbonyl (C=O) groups excluding carboxylic acids is 2. The lowest BCUT2D eigenvalue weighted by Crippen LogP contribution is -2.04. The largest absolute Gasteiger partial charge is 0.493 e. The van der Waals surface area contributed by atoms with Gasteiger partial charge in [-0.15, -0.1) is 0 Å². The van der Waals surface area contributed by atoms with Gasteiger partial charge in [-0.25, -0.2) is 25.3 Å². The lowest BCUT2D eigenvalue weighted by Gasteiger charge is -2.10. The Labute approximate surface area is 740 Å². The molecule has 2 N–H and O–H groups in total. The quantitative estimate of drug-likeness (QED) is 0.0299. The number of non-ortho nitro benzene ring substituents is 2. The van der Waals surface area contributed by atoms with Gasteiger partial charge in [-0.2, -0.15) is 29.5 Å². The van der Waals surface area contributed by atoms with Gasteiger partial charge in [0.1, 0.15) is 0 Å². The summed E-state index contributed by atoms with van der Waals surface area (Å²) in [6.07, 6.45) is 0.250. The number of hydrogen-bond acceptors (Lipinski definition) is 34. The number of nitrogen functional groups attached to an aromatic ring is 1. The van der Waals surface area contributed by atoms with Crippen LogP contribution in [0.3, 0.4) is 0 Å². The summed E-state index contributed by atoms with van der Waals surface area (Å²) in [6, 6.07) is 71.6. The molecule has 0 aliphatic carbocycles. The van der Waals surface area contributed by atoms with Crippen molar-refractivity contribution >= 4 is 64.5 Å². The summed E-state index contributed by atoms with van der Waals surface area (Å²) in [5, 5.41) is 37.9. The molecule has 4 aromatic heterocycles. The summed E-state index contributed by atoms with van der Waals surface area (Å²) in [5.41, 5.74) is 10.8. The minimum absolute atomic E-state index is 0.0176. The third-order valence-corrected chi connectivity index (χ3v) is 25.3. The summed E-state index contributed by atoms with van der Waals surface area (Å²) in [7, 11) is 0.537. The van der Waals surface area contributed by atoms with Crippen LogP contribution in [0, 0.1) is 27.2 Å². The highest BCUT2D eigenvalue weighted by Crippen LogP contribution is 2.45. The average Bonchev–Trinajstić information content (AvgIpc) is 1.77. The van der Waals surface area contributed by atoms with Crippen LogP contribution in [0.4, 0.5) is 17.1 Å². The third-order valence-electron chi connectivity index (χ3n) is 18.8. The number of methoxy groups -OCH3 is 8. The molecule has 0 fully saturated rings. The number of anilines is 1. The highest BCUT2D eigenvalue weighted by molar-refractivity contribution is 7.99. The minimum Gasteiger partial charge on any atom is -0.493 e. The first kappa shape index (κ1) is 92.0. The molecule has 0 atom stereocenters. The van der Waals surface area contributed by atoms with Crippen LogP contribution >= 0.6 is 11.8 Å². The van der Waals surface area contributed by atoms with Crippen LogP contribution in [0.1, 0.15) is 5.56 Å². The number of sulfone groups is 3. The first-order chi connectivity index (χ1) is 62.3. The zero-order chi connectivity index (χ0) is 92.1. The fourth-order valence-corrected chi connectivity index (χ4v) is 17.9. The number of aryl methyl sites for hydroxylation is 1. The van der Waals surface area contributed by atoms with Crippen molar-refractivity contribution in [1.29, 1.82) is 0 Å². The molecule has 0 saturated carbocycles. The molecular weight excluding hydrogens is 1750 g/mol.